The molecule has 0 saturated carbocycles. The molecule has 2 atom stereocenters. The molecule has 1 fully saturated rings. The summed E-state index contributed by atoms with van der Waals surface area (Å²) in [6, 6.07) is -0.880. The van der Waals surface area contributed by atoms with E-state index < -0.39 is 12.0 Å². The van der Waals surface area contributed by atoms with E-state index in [2.05, 4.69) is 13.0 Å². The number of carboxylic acid groups (broad SMARTS) is 1. The summed E-state index contributed by atoms with van der Waals surface area (Å²) in [4.78, 5) is 36.8. The minimum absolute atomic E-state index is 0.118. The molecule has 1 aliphatic heterocycles. The summed E-state index contributed by atoms with van der Waals surface area (Å²) in [5, 5.41) is 8.82. The monoisotopic (exact) mass is 562 g/mol. The number of carboxylic acids is 1. The number of allylic oxidation sites excluding steroid dienone is 1. The second-order valence-corrected chi connectivity index (χ2v) is 12.1. The first kappa shape index (κ1) is 36.3. The molecule has 3 N–H and O–H groups in total. The second-order valence-electron chi connectivity index (χ2n) is 12.1. The molecule has 0 aromatic rings. The summed E-state index contributed by atoms with van der Waals surface area (Å²) < 4.78 is 0. The van der Waals surface area contributed by atoms with Crippen LogP contribution in [0.5, 0.6) is 0 Å². The topological polar surface area (TPSA) is 101 Å². The molecule has 1 rings (SSSR count). The Morgan fingerprint density at radius 3 is 1.68 bits per heavy atom. The average molecular weight is 563 g/mol. The van der Waals surface area contributed by atoms with Crippen molar-refractivity contribution in [3.63, 3.8) is 0 Å². The van der Waals surface area contributed by atoms with E-state index in [1.165, 1.54) is 127 Å². The van der Waals surface area contributed by atoms with E-state index in [-0.39, 0.29) is 24.2 Å². The highest BCUT2D eigenvalue weighted by atomic mass is 16.4. The molecular formula is C34H62N2O4. The van der Waals surface area contributed by atoms with Crippen LogP contribution in [-0.4, -0.2) is 40.4 Å². The minimum Gasteiger partial charge on any atom is -0.480 e. The number of aliphatic carboxylic acids is 1. The highest BCUT2D eigenvalue weighted by Gasteiger charge is 2.36. The van der Waals surface area contributed by atoms with Gasteiger partial charge in [-0.05, 0) is 32.1 Å². The van der Waals surface area contributed by atoms with Crippen molar-refractivity contribution in [2.75, 3.05) is 6.54 Å². The number of amides is 2. The van der Waals surface area contributed by atoms with Gasteiger partial charge in [0.2, 0.25) is 11.8 Å². The summed E-state index contributed by atoms with van der Waals surface area (Å²) in [5.41, 5.74) is 5.50. The predicted molar refractivity (Wildman–Crippen MR) is 166 cm³/mol. The molecule has 232 valence electrons. The number of hydrogen-bond acceptors (Lipinski definition) is 4. The van der Waals surface area contributed by atoms with E-state index in [0.717, 1.165) is 12.8 Å². The van der Waals surface area contributed by atoms with E-state index in [1.807, 2.05) is 6.08 Å². The quantitative estimate of drug-likeness (QED) is 0.0564. The highest BCUT2D eigenvalue weighted by molar-refractivity contribution is 6.04. The second kappa shape index (κ2) is 25.1. The van der Waals surface area contributed by atoms with Crippen LogP contribution in [0.3, 0.4) is 0 Å². The van der Waals surface area contributed by atoms with Crippen LogP contribution < -0.4 is 5.73 Å². The van der Waals surface area contributed by atoms with Crippen molar-refractivity contribution in [3.05, 3.63) is 12.2 Å². The maximum atomic E-state index is 12.5. The maximum Gasteiger partial charge on any atom is 0.320 e. The molecule has 6 heteroatoms. The molecule has 40 heavy (non-hydrogen) atoms. The molecule has 0 aliphatic carbocycles. The SMILES string of the molecule is CCCCCCCCCCCCCCCCCCCCCC/C=C/C1CC(=O)N(CCCCC(N)C(=O)O)C1=O. The summed E-state index contributed by atoms with van der Waals surface area (Å²) >= 11 is 0. The number of nitrogens with zero attached hydrogens (tertiary/aromatic N) is 1. The lowest BCUT2D eigenvalue weighted by Gasteiger charge is -2.14. The van der Waals surface area contributed by atoms with Crippen LogP contribution >= 0.6 is 0 Å². The van der Waals surface area contributed by atoms with Crippen molar-refractivity contribution in [1.82, 2.24) is 4.90 Å². The summed E-state index contributed by atoms with van der Waals surface area (Å²) in [6.45, 7) is 2.64. The zero-order valence-corrected chi connectivity index (χ0v) is 25.9. The Morgan fingerprint density at radius 2 is 1.23 bits per heavy atom. The van der Waals surface area contributed by atoms with E-state index in [9.17, 15) is 14.4 Å². The average Bonchev–Trinajstić information content (AvgIpc) is 3.21. The van der Waals surface area contributed by atoms with Crippen LogP contribution in [0.2, 0.25) is 0 Å². The smallest absolute Gasteiger partial charge is 0.320 e. The molecule has 1 heterocycles. The summed E-state index contributed by atoms with van der Waals surface area (Å²) in [7, 11) is 0. The van der Waals surface area contributed by atoms with Gasteiger partial charge >= 0.3 is 5.97 Å². The lowest BCUT2D eigenvalue weighted by atomic mass is 10.0. The Balaban J connectivity index is 1.88. The van der Waals surface area contributed by atoms with Gasteiger partial charge in [-0.25, -0.2) is 0 Å². The van der Waals surface area contributed by atoms with Crippen molar-refractivity contribution in [2.24, 2.45) is 11.7 Å². The number of carbonyl (C=O) groups is 3. The number of carbonyl (C=O) groups excluding carboxylic acids is 2. The number of likely N-dealkylation sites (tertiary alicyclic amines) is 1. The highest BCUT2D eigenvalue weighted by Crippen LogP contribution is 2.22. The van der Waals surface area contributed by atoms with Gasteiger partial charge in [-0.1, -0.05) is 141 Å². The van der Waals surface area contributed by atoms with Crippen molar-refractivity contribution in [1.29, 1.82) is 0 Å². The van der Waals surface area contributed by atoms with Crippen molar-refractivity contribution >= 4 is 17.8 Å². The van der Waals surface area contributed by atoms with E-state index >= 15 is 0 Å². The Labute approximate surface area is 245 Å². The predicted octanol–water partition coefficient (Wildman–Crippen LogP) is 8.71. The Bertz CT molecular complexity index is 693. The van der Waals surface area contributed by atoms with Gasteiger partial charge in [0.05, 0.1) is 5.92 Å². The number of imide groups is 1. The lowest BCUT2D eigenvalue weighted by molar-refractivity contribution is -0.140. The molecule has 1 aliphatic rings. The fourth-order valence-corrected chi connectivity index (χ4v) is 5.63. The fraction of sp³-hybridized carbons (Fsp3) is 0.853. The minimum atomic E-state index is -1.02. The Hall–Kier alpha value is -1.69. The maximum absolute atomic E-state index is 12.5. The molecule has 0 aromatic heterocycles. The molecule has 2 amide bonds. The zero-order valence-electron chi connectivity index (χ0n) is 25.9. The molecule has 0 aromatic carbocycles. The first-order valence-electron chi connectivity index (χ1n) is 17.0. The molecule has 0 radical (unpaired) electrons. The van der Waals surface area contributed by atoms with Gasteiger partial charge in [0, 0.05) is 13.0 Å². The molecular weight excluding hydrogens is 500 g/mol. The number of nitrogens with two attached hydrogens (primary N) is 1. The normalized spacial score (nSPS) is 16.4. The van der Waals surface area contributed by atoms with Gasteiger partial charge in [-0.2, -0.15) is 0 Å². The van der Waals surface area contributed by atoms with Crippen molar-refractivity contribution in [2.45, 2.75) is 173 Å². The van der Waals surface area contributed by atoms with Gasteiger partial charge in [0.25, 0.3) is 0 Å². The van der Waals surface area contributed by atoms with Crippen LogP contribution in [0.25, 0.3) is 0 Å². The molecule has 0 bridgehead atoms. The third-order valence-electron chi connectivity index (χ3n) is 8.34. The number of unbranched alkanes of at least 4 members (excludes halogenated alkanes) is 21. The van der Waals surface area contributed by atoms with Gasteiger partial charge < -0.3 is 10.8 Å². The molecule has 2 unspecified atom stereocenters. The first-order valence-corrected chi connectivity index (χ1v) is 17.0. The van der Waals surface area contributed by atoms with Crippen LogP contribution in [0.1, 0.15) is 167 Å². The van der Waals surface area contributed by atoms with Crippen LogP contribution in [0.4, 0.5) is 0 Å². The van der Waals surface area contributed by atoms with Gasteiger partial charge in [0.1, 0.15) is 6.04 Å². The standard InChI is InChI=1S/C34H62N2O4/c1-2-3-4-5-6-7-8-9-10-11-12-13-14-15-16-17-18-19-20-21-22-23-26-30-29-32(37)36(33(30)38)28-25-24-27-31(35)34(39)40/h23,26,30-31H,2-22,24-25,27-29,35H2,1H3,(H,39,40)/b26-23+. The van der Waals surface area contributed by atoms with Gasteiger partial charge in [-0.15, -0.1) is 0 Å². The van der Waals surface area contributed by atoms with E-state index in [4.69, 9.17) is 10.8 Å². The third-order valence-corrected chi connectivity index (χ3v) is 8.34. The summed E-state index contributed by atoms with van der Waals surface area (Å²) in [6.07, 6.45) is 34.3. The Morgan fingerprint density at radius 1 is 0.775 bits per heavy atom. The van der Waals surface area contributed by atoms with Crippen molar-refractivity contribution in [3.8, 4) is 0 Å². The largest absolute Gasteiger partial charge is 0.480 e. The number of rotatable bonds is 28. The molecule has 0 spiro atoms. The zero-order chi connectivity index (χ0) is 29.3. The Kier molecular flexibility index (Phi) is 22.8. The van der Waals surface area contributed by atoms with Gasteiger partial charge in [-0.3, -0.25) is 19.3 Å². The van der Waals surface area contributed by atoms with Crippen LogP contribution in [-0.2, 0) is 14.4 Å². The molecule has 1 saturated heterocycles. The van der Waals surface area contributed by atoms with E-state index in [1.54, 1.807) is 0 Å². The van der Waals surface area contributed by atoms with Crippen LogP contribution in [0, 0.1) is 5.92 Å². The van der Waals surface area contributed by atoms with Crippen molar-refractivity contribution < 1.29 is 19.5 Å². The number of hydrogen-bond donors (Lipinski definition) is 2. The lowest BCUT2D eigenvalue weighted by Crippen LogP contribution is -2.32. The molecule has 6 nitrogen and oxygen atoms in total. The first-order chi connectivity index (χ1) is 19.5. The fourth-order valence-electron chi connectivity index (χ4n) is 5.63. The van der Waals surface area contributed by atoms with E-state index in [0.29, 0.717) is 25.8 Å². The van der Waals surface area contributed by atoms with Gasteiger partial charge in [0.15, 0.2) is 0 Å². The van der Waals surface area contributed by atoms with Crippen LogP contribution in [0.15, 0.2) is 12.2 Å². The third kappa shape index (κ3) is 18.6. The summed E-state index contributed by atoms with van der Waals surface area (Å²) in [5.74, 6) is -1.59.